The van der Waals surface area contributed by atoms with Crippen LogP contribution in [0.25, 0.3) is 10.6 Å². The first-order valence-electron chi connectivity index (χ1n) is 5.20. The van der Waals surface area contributed by atoms with Gasteiger partial charge in [-0.15, -0.1) is 11.3 Å². The number of aromatic nitrogens is 1. The SMILES string of the molecule is O=C(O)Cc1cnc(-c2cccc(C(F)(F)F)c2)s1. The van der Waals surface area contributed by atoms with Crippen LogP contribution in [0.4, 0.5) is 13.2 Å². The molecule has 0 aliphatic carbocycles. The van der Waals surface area contributed by atoms with E-state index in [0.717, 1.165) is 23.5 Å². The molecule has 0 fully saturated rings. The summed E-state index contributed by atoms with van der Waals surface area (Å²) in [5, 5.41) is 9.00. The van der Waals surface area contributed by atoms with Crippen LogP contribution in [-0.2, 0) is 17.4 Å². The van der Waals surface area contributed by atoms with Gasteiger partial charge in [0.2, 0.25) is 0 Å². The number of nitrogens with zero attached hydrogens (tertiary/aromatic N) is 1. The van der Waals surface area contributed by atoms with E-state index >= 15 is 0 Å². The molecule has 0 aliphatic heterocycles. The molecule has 100 valence electrons. The number of carboxylic acid groups (broad SMARTS) is 1. The predicted molar refractivity (Wildman–Crippen MR) is 63.9 cm³/mol. The highest BCUT2D eigenvalue weighted by Gasteiger charge is 2.30. The average Bonchev–Trinajstić information content (AvgIpc) is 2.76. The van der Waals surface area contributed by atoms with E-state index in [9.17, 15) is 18.0 Å². The second-order valence-corrected chi connectivity index (χ2v) is 4.90. The minimum absolute atomic E-state index is 0.184. The molecule has 0 radical (unpaired) electrons. The minimum atomic E-state index is -4.41. The normalized spacial score (nSPS) is 11.5. The van der Waals surface area contributed by atoms with Crippen molar-refractivity contribution in [3.8, 4) is 10.6 Å². The van der Waals surface area contributed by atoms with Gasteiger partial charge < -0.3 is 5.11 Å². The van der Waals surface area contributed by atoms with Crippen molar-refractivity contribution >= 4 is 17.3 Å². The first-order chi connectivity index (χ1) is 8.86. The highest BCUT2D eigenvalue weighted by atomic mass is 32.1. The molecule has 1 heterocycles. The highest BCUT2D eigenvalue weighted by Crippen LogP contribution is 2.33. The van der Waals surface area contributed by atoms with Crippen molar-refractivity contribution in [2.45, 2.75) is 12.6 Å². The summed E-state index contributed by atoms with van der Waals surface area (Å²) in [5.74, 6) is -1.00. The van der Waals surface area contributed by atoms with Gasteiger partial charge in [0.05, 0.1) is 12.0 Å². The molecule has 2 aromatic rings. The van der Waals surface area contributed by atoms with Crippen LogP contribution >= 0.6 is 11.3 Å². The number of carbonyl (C=O) groups is 1. The van der Waals surface area contributed by atoms with Gasteiger partial charge in [0.1, 0.15) is 5.01 Å². The Morgan fingerprint density at radius 1 is 1.37 bits per heavy atom. The summed E-state index contributed by atoms with van der Waals surface area (Å²) in [6.07, 6.45) is -3.22. The molecule has 0 amide bonds. The third-order valence-electron chi connectivity index (χ3n) is 2.32. The third-order valence-corrected chi connectivity index (χ3v) is 3.36. The molecule has 3 nitrogen and oxygen atoms in total. The number of benzene rings is 1. The Balaban J connectivity index is 2.32. The number of aliphatic carboxylic acids is 1. The number of hydrogen-bond acceptors (Lipinski definition) is 3. The van der Waals surface area contributed by atoms with Crippen molar-refractivity contribution in [2.24, 2.45) is 0 Å². The van der Waals surface area contributed by atoms with Gasteiger partial charge in [-0.25, -0.2) is 4.98 Å². The van der Waals surface area contributed by atoms with Gasteiger partial charge in [-0.3, -0.25) is 4.79 Å². The maximum Gasteiger partial charge on any atom is 0.416 e. The molecule has 19 heavy (non-hydrogen) atoms. The summed E-state index contributed by atoms with van der Waals surface area (Å²) in [7, 11) is 0. The molecule has 2 rings (SSSR count). The summed E-state index contributed by atoms with van der Waals surface area (Å²) in [5.41, 5.74) is -0.420. The second-order valence-electron chi connectivity index (χ2n) is 3.78. The number of thiazole rings is 1. The number of rotatable bonds is 3. The summed E-state index contributed by atoms with van der Waals surface area (Å²) in [6.45, 7) is 0. The largest absolute Gasteiger partial charge is 0.481 e. The number of alkyl halides is 3. The Hall–Kier alpha value is -1.89. The van der Waals surface area contributed by atoms with E-state index < -0.39 is 17.7 Å². The molecule has 1 aromatic carbocycles. The molecular formula is C12H8F3NO2S. The smallest absolute Gasteiger partial charge is 0.416 e. The van der Waals surface area contributed by atoms with Gasteiger partial charge in [-0.1, -0.05) is 12.1 Å². The molecule has 0 saturated carbocycles. The van der Waals surface area contributed by atoms with Crippen molar-refractivity contribution in [1.29, 1.82) is 0 Å². The van der Waals surface area contributed by atoms with E-state index in [0.29, 0.717) is 15.4 Å². The predicted octanol–water partition coefficient (Wildman–Crippen LogP) is 3.46. The molecule has 0 saturated heterocycles. The van der Waals surface area contributed by atoms with Gasteiger partial charge in [0.15, 0.2) is 0 Å². The topological polar surface area (TPSA) is 50.2 Å². The fraction of sp³-hybridized carbons (Fsp3) is 0.167. The second kappa shape index (κ2) is 5.00. The van der Waals surface area contributed by atoms with Gasteiger partial charge >= 0.3 is 12.1 Å². The fourth-order valence-corrected chi connectivity index (χ4v) is 2.40. The van der Waals surface area contributed by atoms with Crippen LogP contribution in [0.2, 0.25) is 0 Å². The zero-order chi connectivity index (χ0) is 14.0. The Kier molecular flexibility index (Phi) is 3.57. The quantitative estimate of drug-likeness (QED) is 0.940. The fourth-order valence-electron chi connectivity index (χ4n) is 1.50. The standard InChI is InChI=1S/C12H8F3NO2S/c13-12(14,15)8-3-1-2-7(4-8)11-16-6-9(19-11)5-10(17)18/h1-4,6H,5H2,(H,17,18). The average molecular weight is 287 g/mol. The molecular weight excluding hydrogens is 279 g/mol. The molecule has 1 aromatic heterocycles. The van der Waals surface area contributed by atoms with Crippen LogP contribution in [0.15, 0.2) is 30.5 Å². The first-order valence-corrected chi connectivity index (χ1v) is 6.02. The van der Waals surface area contributed by atoms with Crippen molar-refractivity contribution in [2.75, 3.05) is 0 Å². The number of hydrogen-bond donors (Lipinski definition) is 1. The molecule has 0 spiro atoms. The Morgan fingerprint density at radius 2 is 2.11 bits per heavy atom. The molecule has 0 bridgehead atoms. The maximum atomic E-state index is 12.6. The zero-order valence-corrected chi connectivity index (χ0v) is 10.3. The van der Waals surface area contributed by atoms with Gasteiger partial charge in [-0.2, -0.15) is 13.2 Å². The summed E-state index contributed by atoms with van der Waals surface area (Å²) in [6, 6.07) is 4.80. The van der Waals surface area contributed by atoms with Crippen LogP contribution in [0.3, 0.4) is 0 Å². The van der Waals surface area contributed by atoms with E-state index in [1.54, 1.807) is 0 Å². The Morgan fingerprint density at radius 3 is 2.74 bits per heavy atom. The zero-order valence-electron chi connectivity index (χ0n) is 9.44. The summed E-state index contributed by atoms with van der Waals surface area (Å²) < 4.78 is 37.7. The van der Waals surface area contributed by atoms with Crippen LogP contribution in [0.1, 0.15) is 10.4 Å². The van der Waals surface area contributed by atoms with E-state index in [-0.39, 0.29) is 6.42 Å². The first kappa shape index (κ1) is 13.5. The maximum absolute atomic E-state index is 12.6. The van der Waals surface area contributed by atoms with Gasteiger partial charge in [0.25, 0.3) is 0 Å². The minimum Gasteiger partial charge on any atom is -0.481 e. The van der Waals surface area contributed by atoms with E-state index in [4.69, 9.17) is 5.11 Å². The lowest BCUT2D eigenvalue weighted by molar-refractivity contribution is -0.138. The number of halogens is 3. The molecule has 0 aliphatic rings. The van der Waals surface area contributed by atoms with E-state index in [1.807, 2.05) is 0 Å². The third kappa shape index (κ3) is 3.31. The number of carboxylic acids is 1. The highest BCUT2D eigenvalue weighted by molar-refractivity contribution is 7.15. The lowest BCUT2D eigenvalue weighted by atomic mass is 10.1. The summed E-state index contributed by atoms with van der Waals surface area (Å²) in [4.78, 5) is 15.0. The van der Waals surface area contributed by atoms with E-state index in [2.05, 4.69) is 4.98 Å². The molecule has 1 N–H and O–H groups in total. The van der Waals surface area contributed by atoms with Crippen LogP contribution in [0, 0.1) is 0 Å². The lowest BCUT2D eigenvalue weighted by Crippen LogP contribution is -2.04. The van der Waals surface area contributed by atoms with Crippen molar-refractivity contribution in [1.82, 2.24) is 4.98 Å². The molecule has 7 heteroatoms. The lowest BCUT2D eigenvalue weighted by Gasteiger charge is -2.07. The summed E-state index contributed by atoms with van der Waals surface area (Å²) >= 11 is 1.07. The monoisotopic (exact) mass is 287 g/mol. The van der Waals surface area contributed by atoms with Crippen LogP contribution in [0.5, 0.6) is 0 Å². The Bertz CT molecular complexity index is 607. The van der Waals surface area contributed by atoms with Crippen LogP contribution in [-0.4, -0.2) is 16.1 Å². The van der Waals surface area contributed by atoms with E-state index in [1.165, 1.54) is 18.3 Å². The Labute approximate surface area is 110 Å². The van der Waals surface area contributed by atoms with Crippen molar-refractivity contribution < 1.29 is 23.1 Å². The van der Waals surface area contributed by atoms with Gasteiger partial charge in [0, 0.05) is 16.6 Å². The van der Waals surface area contributed by atoms with Crippen LogP contribution < -0.4 is 0 Å². The molecule has 0 unspecified atom stereocenters. The van der Waals surface area contributed by atoms with Crippen molar-refractivity contribution in [3.05, 3.63) is 40.9 Å². The van der Waals surface area contributed by atoms with Crippen molar-refractivity contribution in [3.63, 3.8) is 0 Å². The molecule has 0 atom stereocenters. The van der Waals surface area contributed by atoms with Gasteiger partial charge in [-0.05, 0) is 12.1 Å².